The number of hydrogen-bond acceptors (Lipinski definition) is 2. The van der Waals surface area contributed by atoms with Crippen molar-refractivity contribution >= 4 is 0 Å². The highest BCUT2D eigenvalue weighted by atomic mass is 14.7. The molecule has 2 N–H and O–H groups in total. The number of rotatable bonds is 2. The molecule has 1 aromatic heterocycles. The number of hydrogen-bond donors (Lipinski definition) is 1. The number of nitrogens with two attached hydrogens (primary N) is 1. The zero-order valence-electron chi connectivity index (χ0n) is 7.96. The van der Waals surface area contributed by atoms with Gasteiger partial charge in [0.05, 0.1) is 0 Å². The third-order valence-corrected chi connectivity index (χ3v) is 2.11. The maximum atomic E-state index is 5.91. The molecule has 0 radical (unpaired) electrons. The molecule has 0 saturated carbocycles. The molecule has 2 nitrogen and oxygen atoms in total. The van der Waals surface area contributed by atoms with E-state index in [1.165, 1.54) is 5.56 Å². The van der Waals surface area contributed by atoms with Crippen LogP contribution in [-0.2, 0) is 0 Å². The largest absolute Gasteiger partial charge is 0.324 e. The summed E-state index contributed by atoms with van der Waals surface area (Å²) < 4.78 is 0. The normalized spacial score (nSPS) is 13.0. The minimum absolute atomic E-state index is 0.137. The van der Waals surface area contributed by atoms with Crippen LogP contribution in [0.25, 0.3) is 0 Å². The van der Waals surface area contributed by atoms with Gasteiger partial charge in [0.25, 0.3) is 0 Å². The predicted molar refractivity (Wildman–Crippen MR) is 50.9 cm³/mol. The average molecular weight is 164 g/mol. The van der Waals surface area contributed by atoms with E-state index in [0.29, 0.717) is 0 Å². The standard InChI is InChI=1S/C10H16N2/c1-4-10(11)9-6-5-7(2)12-8(9)3/h5-6,10H,4,11H2,1-3H3. The molecule has 12 heavy (non-hydrogen) atoms. The number of aromatic nitrogens is 1. The van der Waals surface area contributed by atoms with E-state index in [1.807, 2.05) is 19.9 Å². The van der Waals surface area contributed by atoms with E-state index in [9.17, 15) is 0 Å². The van der Waals surface area contributed by atoms with Gasteiger partial charge in [-0.2, -0.15) is 0 Å². The van der Waals surface area contributed by atoms with E-state index in [4.69, 9.17) is 5.73 Å². The smallest absolute Gasteiger partial charge is 0.0423 e. The van der Waals surface area contributed by atoms with Gasteiger partial charge in [0.2, 0.25) is 0 Å². The first-order valence-electron chi connectivity index (χ1n) is 4.35. The Morgan fingerprint density at radius 3 is 2.58 bits per heavy atom. The lowest BCUT2D eigenvalue weighted by atomic mass is 10.0. The summed E-state index contributed by atoms with van der Waals surface area (Å²) in [4.78, 5) is 4.36. The van der Waals surface area contributed by atoms with Crippen LogP contribution in [0, 0.1) is 13.8 Å². The van der Waals surface area contributed by atoms with Gasteiger partial charge in [0.15, 0.2) is 0 Å². The third-order valence-electron chi connectivity index (χ3n) is 2.11. The Morgan fingerprint density at radius 2 is 2.08 bits per heavy atom. The van der Waals surface area contributed by atoms with Gasteiger partial charge in [-0.05, 0) is 31.9 Å². The molecule has 0 spiro atoms. The monoisotopic (exact) mass is 164 g/mol. The van der Waals surface area contributed by atoms with E-state index < -0.39 is 0 Å². The van der Waals surface area contributed by atoms with Crippen molar-refractivity contribution in [1.82, 2.24) is 4.98 Å². The van der Waals surface area contributed by atoms with Crippen molar-refractivity contribution in [3.63, 3.8) is 0 Å². The Labute approximate surface area is 73.8 Å². The first-order valence-corrected chi connectivity index (χ1v) is 4.35. The molecule has 0 aliphatic carbocycles. The Balaban J connectivity index is 3.01. The molecule has 1 rings (SSSR count). The van der Waals surface area contributed by atoms with E-state index >= 15 is 0 Å². The second-order valence-corrected chi connectivity index (χ2v) is 3.14. The quantitative estimate of drug-likeness (QED) is 0.727. The summed E-state index contributed by atoms with van der Waals surface area (Å²) in [5.41, 5.74) is 9.19. The molecular weight excluding hydrogens is 148 g/mol. The topological polar surface area (TPSA) is 38.9 Å². The maximum absolute atomic E-state index is 5.91. The van der Waals surface area contributed by atoms with Crippen molar-refractivity contribution in [1.29, 1.82) is 0 Å². The van der Waals surface area contributed by atoms with Gasteiger partial charge in [0.1, 0.15) is 0 Å². The molecule has 0 amide bonds. The Morgan fingerprint density at radius 1 is 1.42 bits per heavy atom. The lowest BCUT2D eigenvalue weighted by molar-refractivity contribution is 0.688. The fourth-order valence-electron chi connectivity index (χ4n) is 1.31. The lowest BCUT2D eigenvalue weighted by Crippen LogP contribution is -2.11. The highest BCUT2D eigenvalue weighted by Crippen LogP contribution is 2.16. The van der Waals surface area contributed by atoms with Crippen LogP contribution in [0.3, 0.4) is 0 Å². The van der Waals surface area contributed by atoms with Gasteiger partial charge < -0.3 is 5.73 Å². The fraction of sp³-hybridized carbons (Fsp3) is 0.500. The second kappa shape index (κ2) is 3.68. The minimum atomic E-state index is 0.137. The van der Waals surface area contributed by atoms with Crippen LogP contribution in [0.15, 0.2) is 12.1 Å². The number of aryl methyl sites for hydroxylation is 2. The summed E-state index contributed by atoms with van der Waals surface area (Å²) >= 11 is 0. The molecule has 1 unspecified atom stereocenters. The Kier molecular flexibility index (Phi) is 2.82. The van der Waals surface area contributed by atoms with Crippen molar-refractivity contribution in [2.75, 3.05) is 0 Å². The molecule has 0 saturated heterocycles. The number of pyridine rings is 1. The maximum Gasteiger partial charge on any atom is 0.0423 e. The van der Waals surface area contributed by atoms with Gasteiger partial charge in [-0.15, -0.1) is 0 Å². The SMILES string of the molecule is CCC(N)c1ccc(C)nc1C. The van der Waals surface area contributed by atoms with Crippen LogP contribution < -0.4 is 5.73 Å². The summed E-state index contributed by atoms with van der Waals surface area (Å²) in [6.07, 6.45) is 0.964. The first kappa shape index (κ1) is 9.20. The molecule has 0 aliphatic heterocycles. The Hall–Kier alpha value is -0.890. The van der Waals surface area contributed by atoms with Crippen LogP contribution in [-0.4, -0.2) is 4.98 Å². The molecule has 0 aliphatic rings. The molecule has 0 aromatic carbocycles. The summed E-state index contributed by atoms with van der Waals surface area (Å²) in [5.74, 6) is 0. The van der Waals surface area contributed by atoms with E-state index in [0.717, 1.165) is 17.8 Å². The van der Waals surface area contributed by atoms with E-state index in [-0.39, 0.29) is 6.04 Å². The van der Waals surface area contributed by atoms with Crippen molar-refractivity contribution < 1.29 is 0 Å². The average Bonchev–Trinajstić information content (AvgIpc) is 2.03. The summed E-state index contributed by atoms with van der Waals surface area (Å²) in [7, 11) is 0. The third kappa shape index (κ3) is 1.83. The second-order valence-electron chi connectivity index (χ2n) is 3.14. The van der Waals surface area contributed by atoms with Crippen LogP contribution in [0.5, 0.6) is 0 Å². The van der Waals surface area contributed by atoms with Crippen LogP contribution in [0.1, 0.15) is 36.3 Å². The molecule has 1 aromatic rings. The van der Waals surface area contributed by atoms with Gasteiger partial charge in [-0.25, -0.2) is 0 Å². The first-order chi connectivity index (χ1) is 5.65. The molecule has 66 valence electrons. The van der Waals surface area contributed by atoms with Crippen molar-refractivity contribution in [3.05, 3.63) is 29.1 Å². The fourth-order valence-corrected chi connectivity index (χ4v) is 1.31. The van der Waals surface area contributed by atoms with Gasteiger partial charge in [-0.3, -0.25) is 4.98 Å². The summed E-state index contributed by atoms with van der Waals surface area (Å²) in [6, 6.07) is 4.22. The van der Waals surface area contributed by atoms with E-state index in [2.05, 4.69) is 18.0 Å². The molecule has 2 heteroatoms. The van der Waals surface area contributed by atoms with Crippen molar-refractivity contribution in [3.8, 4) is 0 Å². The van der Waals surface area contributed by atoms with Crippen LogP contribution in [0.4, 0.5) is 0 Å². The number of nitrogens with zero attached hydrogens (tertiary/aromatic N) is 1. The van der Waals surface area contributed by atoms with Crippen LogP contribution in [0.2, 0.25) is 0 Å². The highest BCUT2D eigenvalue weighted by molar-refractivity contribution is 5.24. The van der Waals surface area contributed by atoms with Gasteiger partial charge >= 0.3 is 0 Å². The predicted octanol–water partition coefficient (Wildman–Crippen LogP) is 2.11. The molecule has 1 heterocycles. The van der Waals surface area contributed by atoms with Crippen molar-refractivity contribution in [2.45, 2.75) is 33.2 Å². The molecule has 1 atom stereocenters. The minimum Gasteiger partial charge on any atom is -0.324 e. The van der Waals surface area contributed by atoms with E-state index in [1.54, 1.807) is 0 Å². The van der Waals surface area contributed by atoms with Crippen molar-refractivity contribution in [2.24, 2.45) is 5.73 Å². The summed E-state index contributed by atoms with van der Waals surface area (Å²) in [6.45, 7) is 6.09. The zero-order valence-corrected chi connectivity index (χ0v) is 7.96. The zero-order chi connectivity index (χ0) is 9.14. The Bertz CT molecular complexity index is 269. The molecule has 0 fully saturated rings. The van der Waals surface area contributed by atoms with Gasteiger partial charge in [-0.1, -0.05) is 13.0 Å². The highest BCUT2D eigenvalue weighted by Gasteiger charge is 2.06. The molecule has 0 bridgehead atoms. The summed E-state index contributed by atoms with van der Waals surface area (Å²) in [5, 5.41) is 0. The van der Waals surface area contributed by atoms with Gasteiger partial charge in [0, 0.05) is 17.4 Å². The molecular formula is C10H16N2. The van der Waals surface area contributed by atoms with Crippen LogP contribution >= 0.6 is 0 Å². The lowest BCUT2D eigenvalue weighted by Gasteiger charge is -2.11.